The third-order valence-corrected chi connectivity index (χ3v) is 9.42. The lowest BCUT2D eigenvalue weighted by Gasteiger charge is -2.35. The molecule has 2 aromatic carbocycles. The smallest absolute Gasteiger partial charge is 0.444 e. The Morgan fingerprint density at radius 3 is 2.39 bits per heavy atom. The Kier molecular flexibility index (Phi) is 11.1. The van der Waals surface area contributed by atoms with Gasteiger partial charge in [0, 0.05) is 18.7 Å². The summed E-state index contributed by atoms with van der Waals surface area (Å²) in [6, 6.07) is 9.99. The Bertz CT molecular complexity index is 1670. The number of fused-ring (bicyclic) bond motifs is 1. The van der Waals surface area contributed by atoms with Crippen molar-refractivity contribution >= 4 is 22.3 Å². The van der Waals surface area contributed by atoms with E-state index in [1.807, 2.05) is 0 Å². The van der Waals surface area contributed by atoms with Crippen LogP contribution in [0.25, 0.3) is 0 Å². The maximum Gasteiger partial charge on any atom is 0.534 e. The summed E-state index contributed by atoms with van der Waals surface area (Å²) in [5, 5.41) is 1.41. The average molecular weight is 748 g/mol. The minimum Gasteiger partial charge on any atom is -0.444 e. The van der Waals surface area contributed by atoms with Crippen LogP contribution in [0.2, 0.25) is 0 Å². The molecule has 51 heavy (non-hydrogen) atoms. The third-order valence-electron chi connectivity index (χ3n) is 8.44. The van der Waals surface area contributed by atoms with Crippen LogP contribution < -0.4 is 9.61 Å². The fourth-order valence-electron chi connectivity index (χ4n) is 6.26. The molecule has 0 spiro atoms. The summed E-state index contributed by atoms with van der Waals surface area (Å²) in [6.07, 6.45) is -2.75. The van der Waals surface area contributed by atoms with Gasteiger partial charge in [0.1, 0.15) is 29.0 Å². The van der Waals surface area contributed by atoms with Gasteiger partial charge in [0.15, 0.2) is 6.29 Å². The molecule has 13 nitrogen and oxygen atoms in total. The summed E-state index contributed by atoms with van der Waals surface area (Å²) in [5.74, 6) is -1.23. The van der Waals surface area contributed by atoms with Gasteiger partial charge in [-0.2, -0.15) is 21.6 Å². The first-order valence-electron chi connectivity index (χ1n) is 16.2. The summed E-state index contributed by atoms with van der Waals surface area (Å²) < 4.78 is 110. The number of rotatable bonds is 10. The second-order valence-corrected chi connectivity index (χ2v) is 15.4. The van der Waals surface area contributed by atoms with E-state index in [-0.39, 0.29) is 37.6 Å². The number of nitrogens with one attached hydrogen (secondary N) is 1. The van der Waals surface area contributed by atoms with Gasteiger partial charge in [-0.1, -0.05) is 30.3 Å². The van der Waals surface area contributed by atoms with Gasteiger partial charge in [-0.25, -0.2) is 19.0 Å². The highest BCUT2D eigenvalue weighted by Crippen LogP contribution is 2.37. The minimum absolute atomic E-state index is 0.0418. The highest BCUT2D eigenvalue weighted by atomic mass is 32.2. The Hall–Kier alpha value is -3.71. The first kappa shape index (κ1) is 38.5. The number of benzene rings is 2. The van der Waals surface area contributed by atoms with Gasteiger partial charge in [0.05, 0.1) is 31.3 Å². The molecule has 282 valence electrons. The molecule has 18 heteroatoms. The molecule has 0 unspecified atom stereocenters. The van der Waals surface area contributed by atoms with Gasteiger partial charge in [0.25, 0.3) is 0 Å². The zero-order valence-corrected chi connectivity index (χ0v) is 29.5. The van der Waals surface area contributed by atoms with Gasteiger partial charge in [-0.15, -0.1) is 0 Å². The van der Waals surface area contributed by atoms with Crippen molar-refractivity contribution in [1.29, 1.82) is 0 Å². The summed E-state index contributed by atoms with van der Waals surface area (Å²) in [6.45, 7) is 8.76. The second-order valence-electron chi connectivity index (χ2n) is 13.9. The topological polar surface area (TPSA) is 142 Å². The van der Waals surface area contributed by atoms with Crippen molar-refractivity contribution in [3.8, 4) is 5.75 Å². The monoisotopic (exact) mass is 747 g/mol. The molecule has 0 aromatic heterocycles. The van der Waals surface area contributed by atoms with Crippen LogP contribution in [0.1, 0.15) is 52.2 Å². The van der Waals surface area contributed by atoms with Crippen molar-refractivity contribution in [3.63, 3.8) is 0 Å². The quantitative estimate of drug-likeness (QED) is 0.148. The standard InChI is InChI=1S/C33H41F4N3O10S/c1-31(2,3)49-30(42)40-25(16-20-10-12-22(13-11-20)50-51(43,44)33(35,36)37)26(48-32(40,4)5)18-39(17-21-8-6-7-9-24(21)34)38-29(41)47-27-19-46-28-23(27)14-15-45-28/h6-13,23,25-28H,14-19H2,1-5H3,(H,38,41)/t23-,25-,26-,27-,28+/m0/s1. The molecule has 0 saturated carbocycles. The number of alkyl halides is 3. The summed E-state index contributed by atoms with van der Waals surface area (Å²) in [7, 11) is -5.89. The van der Waals surface area contributed by atoms with Crippen molar-refractivity contribution in [2.24, 2.45) is 5.92 Å². The third kappa shape index (κ3) is 9.40. The summed E-state index contributed by atoms with van der Waals surface area (Å²) in [5.41, 5.74) is -4.38. The average Bonchev–Trinajstić information content (AvgIpc) is 3.68. The number of halogens is 4. The molecule has 1 N–H and O–H groups in total. The fraction of sp³-hybridized carbons (Fsp3) is 0.576. The maximum atomic E-state index is 14.9. The molecular formula is C33H41F4N3O10S. The predicted octanol–water partition coefficient (Wildman–Crippen LogP) is 5.24. The van der Waals surface area contributed by atoms with E-state index in [1.165, 1.54) is 34.2 Å². The van der Waals surface area contributed by atoms with Crippen molar-refractivity contribution in [2.45, 2.75) is 95.4 Å². The molecule has 0 radical (unpaired) electrons. The molecule has 3 aliphatic heterocycles. The first-order chi connectivity index (χ1) is 23.7. The van der Waals surface area contributed by atoms with E-state index < -0.39 is 75.2 Å². The van der Waals surface area contributed by atoms with Gasteiger partial charge in [-0.3, -0.25) is 10.3 Å². The Morgan fingerprint density at radius 1 is 1.06 bits per heavy atom. The lowest BCUT2D eigenvalue weighted by molar-refractivity contribution is -0.0909. The zero-order chi connectivity index (χ0) is 37.4. The number of hydrogen-bond acceptors (Lipinski definition) is 11. The van der Waals surface area contributed by atoms with Crippen LogP contribution in [-0.4, -0.2) is 91.6 Å². The second kappa shape index (κ2) is 14.7. The van der Waals surface area contributed by atoms with Gasteiger partial charge in [0.2, 0.25) is 0 Å². The van der Waals surface area contributed by atoms with Crippen LogP contribution >= 0.6 is 0 Å². The SMILES string of the molecule is CC(C)(C)OC(=O)N1[C@@H](Cc2ccc(OS(=O)(=O)C(F)(F)F)cc2)[C@H](CN(Cc2ccccc2F)NC(=O)O[C@H]2CO[C@H]3OCC[C@H]32)OC1(C)C. The zero-order valence-electron chi connectivity index (χ0n) is 28.6. The lowest BCUT2D eigenvalue weighted by atomic mass is 9.99. The van der Waals surface area contributed by atoms with E-state index in [9.17, 15) is 35.6 Å². The number of ether oxygens (including phenoxy) is 5. The van der Waals surface area contributed by atoms with Crippen LogP contribution in [0.5, 0.6) is 5.75 Å². The number of nitrogens with zero attached hydrogens (tertiary/aromatic N) is 2. The molecular weight excluding hydrogens is 706 g/mol. The number of amides is 2. The van der Waals surface area contributed by atoms with Gasteiger partial charge in [-0.05, 0) is 71.2 Å². The van der Waals surface area contributed by atoms with Crippen LogP contribution in [0.3, 0.4) is 0 Å². The molecule has 2 amide bonds. The molecule has 2 aromatic rings. The number of hydrogen-bond donors (Lipinski definition) is 1. The van der Waals surface area contributed by atoms with E-state index in [0.717, 1.165) is 12.1 Å². The highest BCUT2D eigenvalue weighted by Gasteiger charge is 2.52. The molecule has 0 aliphatic carbocycles. The van der Waals surface area contributed by atoms with E-state index in [1.54, 1.807) is 46.8 Å². The largest absolute Gasteiger partial charge is 0.534 e. The first-order valence-corrected chi connectivity index (χ1v) is 17.6. The fourth-order valence-corrected chi connectivity index (χ4v) is 6.71. The van der Waals surface area contributed by atoms with E-state index in [0.29, 0.717) is 18.6 Å². The number of hydrazine groups is 1. The summed E-state index contributed by atoms with van der Waals surface area (Å²) in [4.78, 5) is 28.3. The van der Waals surface area contributed by atoms with Crippen molar-refractivity contribution in [3.05, 3.63) is 65.5 Å². The van der Waals surface area contributed by atoms with Crippen molar-refractivity contribution in [1.82, 2.24) is 15.3 Å². The number of carbonyl (C=O) groups excluding carboxylic acids is 2. The normalized spacial score (nSPS) is 24.7. The summed E-state index contributed by atoms with van der Waals surface area (Å²) >= 11 is 0. The molecule has 3 aliphatic rings. The lowest BCUT2D eigenvalue weighted by Crippen LogP contribution is -2.53. The highest BCUT2D eigenvalue weighted by molar-refractivity contribution is 7.88. The number of carbonyl (C=O) groups is 2. The molecule has 3 heterocycles. The van der Waals surface area contributed by atoms with E-state index in [2.05, 4.69) is 9.61 Å². The van der Waals surface area contributed by atoms with Crippen molar-refractivity contribution in [2.75, 3.05) is 19.8 Å². The predicted molar refractivity (Wildman–Crippen MR) is 171 cm³/mol. The van der Waals surface area contributed by atoms with Crippen LogP contribution in [-0.2, 0) is 46.8 Å². The maximum absolute atomic E-state index is 14.9. The van der Waals surface area contributed by atoms with Crippen LogP contribution in [0.15, 0.2) is 48.5 Å². The van der Waals surface area contributed by atoms with Crippen LogP contribution in [0.4, 0.5) is 27.2 Å². The van der Waals surface area contributed by atoms with Gasteiger partial charge < -0.3 is 27.9 Å². The minimum atomic E-state index is -5.89. The Morgan fingerprint density at radius 2 is 1.75 bits per heavy atom. The Balaban J connectivity index is 1.41. The molecule has 0 bridgehead atoms. The van der Waals surface area contributed by atoms with E-state index >= 15 is 0 Å². The molecule has 5 rings (SSSR count). The molecule has 3 fully saturated rings. The van der Waals surface area contributed by atoms with Crippen molar-refractivity contribution < 1.29 is 63.4 Å². The Labute approximate surface area is 293 Å². The van der Waals surface area contributed by atoms with E-state index in [4.69, 9.17) is 23.7 Å². The van der Waals surface area contributed by atoms with Crippen LogP contribution in [0, 0.1) is 11.7 Å². The van der Waals surface area contributed by atoms with Gasteiger partial charge >= 0.3 is 27.8 Å². The molecule has 3 saturated heterocycles. The molecule has 5 atom stereocenters.